The number of aromatic nitrogens is 1. The van der Waals surface area contributed by atoms with Gasteiger partial charge in [-0.05, 0) is 44.6 Å². The molecule has 1 aliphatic rings. The molecule has 1 atom stereocenters. The molecule has 1 aliphatic carbocycles. The second-order valence-corrected chi connectivity index (χ2v) is 7.87. The van der Waals surface area contributed by atoms with Crippen LogP contribution in [-0.4, -0.2) is 24.6 Å². The van der Waals surface area contributed by atoms with E-state index in [1.807, 2.05) is 17.5 Å². The van der Waals surface area contributed by atoms with Crippen LogP contribution in [0.3, 0.4) is 0 Å². The van der Waals surface area contributed by atoms with E-state index in [0.29, 0.717) is 17.5 Å². The maximum absolute atomic E-state index is 4.64. The van der Waals surface area contributed by atoms with Gasteiger partial charge in [-0.15, -0.1) is 11.3 Å². The average molecular weight is 295 g/mol. The summed E-state index contributed by atoms with van der Waals surface area (Å²) in [5.41, 5.74) is 0.533. The minimum absolute atomic E-state index is 0.407. The largest absolute Gasteiger partial charge is 0.348 e. The molecule has 1 aromatic heterocycles. The predicted molar refractivity (Wildman–Crippen MR) is 88.6 cm³/mol. The summed E-state index contributed by atoms with van der Waals surface area (Å²) in [4.78, 5) is 8.38. The van der Waals surface area contributed by atoms with E-state index in [0.717, 1.165) is 6.54 Å². The van der Waals surface area contributed by atoms with Gasteiger partial charge in [-0.3, -0.25) is 0 Å². The second kappa shape index (κ2) is 6.44. The highest BCUT2D eigenvalue weighted by Gasteiger charge is 2.29. The van der Waals surface area contributed by atoms with Crippen LogP contribution in [0.15, 0.2) is 6.20 Å². The zero-order valence-corrected chi connectivity index (χ0v) is 14.4. The molecule has 0 aromatic carbocycles. The van der Waals surface area contributed by atoms with Gasteiger partial charge in [0, 0.05) is 30.2 Å². The molecule has 2 rings (SSSR count). The van der Waals surface area contributed by atoms with Crippen LogP contribution < -0.4 is 10.2 Å². The van der Waals surface area contributed by atoms with Crippen molar-refractivity contribution in [1.29, 1.82) is 0 Å². The Morgan fingerprint density at radius 2 is 2.10 bits per heavy atom. The number of nitrogens with zero attached hydrogens (tertiary/aromatic N) is 2. The molecule has 3 nitrogen and oxygen atoms in total. The number of hydrogen-bond donors (Lipinski definition) is 1. The summed E-state index contributed by atoms with van der Waals surface area (Å²) in [6.45, 7) is 10.1. The van der Waals surface area contributed by atoms with Crippen LogP contribution >= 0.6 is 11.3 Å². The molecule has 1 heterocycles. The lowest BCUT2D eigenvalue weighted by molar-refractivity contribution is 0.222. The van der Waals surface area contributed by atoms with Gasteiger partial charge in [0.1, 0.15) is 0 Å². The maximum Gasteiger partial charge on any atom is 0.185 e. The Balaban J connectivity index is 1.98. The highest BCUT2D eigenvalue weighted by atomic mass is 32.1. The number of hydrogen-bond acceptors (Lipinski definition) is 4. The summed E-state index contributed by atoms with van der Waals surface area (Å²) in [6, 6.07) is 1.07. The zero-order valence-electron chi connectivity index (χ0n) is 13.6. The molecule has 0 aliphatic heterocycles. The standard InChI is InChI=1S/C16H29N3S/c1-6-17-12(2)14-11-18-15(20-14)19(5)13-7-9-16(3,4)10-8-13/h11-13,17H,6-10H2,1-5H3. The van der Waals surface area contributed by atoms with Gasteiger partial charge in [-0.25, -0.2) is 4.98 Å². The zero-order chi connectivity index (χ0) is 14.8. The van der Waals surface area contributed by atoms with Gasteiger partial charge in [0.25, 0.3) is 0 Å². The SMILES string of the molecule is CCNC(C)c1cnc(N(C)C2CCC(C)(C)CC2)s1. The Kier molecular flexibility index (Phi) is 5.08. The molecule has 0 radical (unpaired) electrons. The van der Waals surface area contributed by atoms with Crippen molar-refractivity contribution in [1.82, 2.24) is 10.3 Å². The van der Waals surface area contributed by atoms with Gasteiger partial charge in [-0.2, -0.15) is 0 Å². The first kappa shape index (κ1) is 15.8. The first-order valence-corrected chi connectivity index (χ1v) is 8.66. The summed E-state index contributed by atoms with van der Waals surface area (Å²) in [5, 5.41) is 4.63. The van der Waals surface area contributed by atoms with Crippen LogP contribution in [0, 0.1) is 5.41 Å². The number of rotatable bonds is 5. The second-order valence-electron chi connectivity index (χ2n) is 6.83. The van der Waals surface area contributed by atoms with E-state index in [1.54, 1.807) is 0 Å². The van der Waals surface area contributed by atoms with Crippen LogP contribution in [0.1, 0.15) is 64.3 Å². The van der Waals surface area contributed by atoms with E-state index in [2.05, 4.69) is 49.9 Å². The highest BCUT2D eigenvalue weighted by Crippen LogP contribution is 2.38. The fraction of sp³-hybridized carbons (Fsp3) is 0.812. The van der Waals surface area contributed by atoms with Gasteiger partial charge < -0.3 is 10.2 Å². The van der Waals surface area contributed by atoms with Crippen molar-refractivity contribution >= 4 is 16.5 Å². The van der Waals surface area contributed by atoms with Crippen molar-refractivity contribution in [2.75, 3.05) is 18.5 Å². The molecule has 20 heavy (non-hydrogen) atoms. The average Bonchev–Trinajstić information content (AvgIpc) is 2.88. The van der Waals surface area contributed by atoms with Crippen molar-refractivity contribution in [3.8, 4) is 0 Å². The molecule has 1 fully saturated rings. The number of thiazole rings is 1. The van der Waals surface area contributed by atoms with E-state index < -0.39 is 0 Å². The highest BCUT2D eigenvalue weighted by molar-refractivity contribution is 7.15. The minimum atomic E-state index is 0.407. The van der Waals surface area contributed by atoms with Crippen molar-refractivity contribution in [3.63, 3.8) is 0 Å². The summed E-state index contributed by atoms with van der Waals surface area (Å²) < 4.78 is 0. The summed E-state index contributed by atoms with van der Waals surface area (Å²) in [6.07, 6.45) is 7.28. The molecule has 1 unspecified atom stereocenters. The molecule has 1 saturated carbocycles. The lowest BCUT2D eigenvalue weighted by Gasteiger charge is -2.38. The Hall–Kier alpha value is -0.610. The normalized spacial score (nSPS) is 20.9. The van der Waals surface area contributed by atoms with Gasteiger partial charge >= 0.3 is 0 Å². The molecular formula is C16H29N3S. The molecule has 0 amide bonds. The first-order chi connectivity index (χ1) is 9.43. The summed E-state index contributed by atoms with van der Waals surface area (Å²) in [7, 11) is 2.21. The van der Waals surface area contributed by atoms with Crippen molar-refractivity contribution < 1.29 is 0 Å². The van der Waals surface area contributed by atoms with Crippen LogP contribution in [0.2, 0.25) is 0 Å². The fourth-order valence-electron chi connectivity index (χ4n) is 2.97. The molecule has 114 valence electrons. The Labute approximate surface area is 127 Å². The van der Waals surface area contributed by atoms with Crippen molar-refractivity contribution in [2.45, 2.75) is 65.5 Å². The lowest BCUT2D eigenvalue weighted by Crippen LogP contribution is -2.37. The van der Waals surface area contributed by atoms with Crippen LogP contribution in [0.5, 0.6) is 0 Å². The van der Waals surface area contributed by atoms with Crippen LogP contribution in [0.25, 0.3) is 0 Å². The van der Waals surface area contributed by atoms with E-state index >= 15 is 0 Å². The molecule has 0 saturated heterocycles. The smallest absolute Gasteiger partial charge is 0.185 e. The quantitative estimate of drug-likeness (QED) is 0.881. The predicted octanol–water partition coefficient (Wildman–Crippen LogP) is 4.22. The third-order valence-corrected chi connectivity index (χ3v) is 5.88. The van der Waals surface area contributed by atoms with Crippen LogP contribution in [-0.2, 0) is 0 Å². The van der Waals surface area contributed by atoms with E-state index in [4.69, 9.17) is 0 Å². The van der Waals surface area contributed by atoms with E-state index in [-0.39, 0.29) is 0 Å². The number of nitrogens with one attached hydrogen (secondary N) is 1. The fourth-order valence-corrected chi connectivity index (χ4v) is 3.95. The van der Waals surface area contributed by atoms with Crippen LogP contribution in [0.4, 0.5) is 5.13 Å². The summed E-state index contributed by atoms with van der Waals surface area (Å²) >= 11 is 1.83. The first-order valence-electron chi connectivity index (χ1n) is 7.85. The molecular weight excluding hydrogens is 266 g/mol. The van der Waals surface area contributed by atoms with Crippen molar-refractivity contribution in [2.24, 2.45) is 5.41 Å². The third kappa shape index (κ3) is 3.73. The Bertz CT molecular complexity index is 417. The van der Waals surface area contributed by atoms with Crippen molar-refractivity contribution in [3.05, 3.63) is 11.1 Å². The van der Waals surface area contributed by atoms with E-state index in [9.17, 15) is 0 Å². The topological polar surface area (TPSA) is 28.2 Å². The summed E-state index contributed by atoms with van der Waals surface area (Å²) in [5.74, 6) is 0. The molecule has 0 bridgehead atoms. The third-order valence-electron chi connectivity index (χ3n) is 4.61. The Morgan fingerprint density at radius 3 is 2.70 bits per heavy atom. The lowest BCUT2D eigenvalue weighted by atomic mass is 9.75. The Morgan fingerprint density at radius 1 is 1.45 bits per heavy atom. The van der Waals surface area contributed by atoms with Gasteiger partial charge in [0.2, 0.25) is 0 Å². The number of anilines is 1. The molecule has 4 heteroatoms. The minimum Gasteiger partial charge on any atom is -0.348 e. The van der Waals surface area contributed by atoms with Gasteiger partial charge in [-0.1, -0.05) is 20.8 Å². The molecule has 0 spiro atoms. The van der Waals surface area contributed by atoms with Gasteiger partial charge in [0.15, 0.2) is 5.13 Å². The molecule has 1 aromatic rings. The molecule has 1 N–H and O–H groups in total. The van der Waals surface area contributed by atoms with E-state index in [1.165, 1.54) is 35.7 Å². The maximum atomic E-state index is 4.64. The monoisotopic (exact) mass is 295 g/mol. The van der Waals surface area contributed by atoms with Gasteiger partial charge in [0.05, 0.1) is 0 Å².